The van der Waals surface area contributed by atoms with Crippen LogP contribution in [-0.2, 0) is 6.54 Å². The number of rotatable bonds is 6. The molecule has 0 unspecified atom stereocenters. The summed E-state index contributed by atoms with van der Waals surface area (Å²) in [5, 5.41) is 10.9. The van der Waals surface area contributed by atoms with Gasteiger partial charge in [0.25, 0.3) is 5.92 Å². The van der Waals surface area contributed by atoms with Crippen LogP contribution < -0.4 is 5.32 Å². The summed E-state index contributed by atoms with van der Waals surface area (Å²) in [4.78, 5) is 0. The van der Waals surface area contributed by atoms with Gasteiger partial charge in [-0.2, -0.15) is 0 Å². The molecule has 3 nitrogen and oxygen atoms in total. The average molecular weight is 285 g/mol. The molecule has 0 atom stereocenters. The van der Waals surface area contributed by atoms with E-state index >= 15 is 0 Å². The van der Waals surface area contributed by atoms with Crippen molar-refractivity contribution in [3.05, 3.63) is 48.0 Å². The van der Waals surface area contributed by atoms with Crippen LogP contribution in [0.5, 0.6) is 0 Å². The van der Waals surface area contributed by atoms with Gasteiger partial charge in [0, 0.05) is 5.56 Å². The first-order valence-electron chi connectivity index (χ1n) is 6.04. The first-order valence-corrected chi connectivity index (χ1v) is 6.04. The molecule has 2 N–H and O–H groups in total. The average Bonchev–Trinajstić information content (AvgIpc) is 2.88. The number of aliphatic hydroxyl groups is 1. The predicted octanol–water partition coefficient (Wildman–Crippen LogP) is 2.80. The van der Waals surface area contributed by atoms with E-state index in [0.717, 1.165) is 0 Å². The van der Waals surface area contributed by atoms with E-state index in [1.165, 1.54) is 12.1 Å². The van der Waals surface area contributed by atoms with Gasteiger partial charge in [0.05, 0.1) is 13.1 Å². The lowest BCUT2D eigenvalue weighted by Crippen LogP contribution is -2.35. The second-order valence-electron chi connectivity index (χ2n) is 4.39. The van der Waals surface area contributed by atoms with E-state index in [1.54, 1.807) is 24.3 Å². The lowest BCUT2D eigenvalue weighted by Gasteiger charge is -2.12. The molecule has 0 aliphatic heterocycles. The molecule has 0 saturated carbocycles. The molecule has 2 rings (SSSR count). The van der Waals surface area contributed by atoms with Crippen LogP contribution in [0, 0.1) is 5.82 Å². The van der Waals surface area contributed by atoms with Gasteiger partial charge in [-0.15, -0.1) is 0 Å². The third-order valence-corrected chi connectivity index (χ3v) is 2.70. The van der Waals surface area contributed by atoms with Crippen molar-refractivity contribution in [1.82, 2.24) is 5.32 Å². The normalized spacial score (nSPS) is 11.8. The molecule has 0 spiro atoms. The minimum Gasteiger partial charge on any atom is -0.460 e. The van der Waals surface area contributed by atoms with Gasteiger partial charge in [-0.1, -0.05) is 0 Å². The molecular weight excluding hydrogens is 271 g/mol. The SMILES string of the molecule is OCC(F)(F)CNCc1ccc(-c2ccc(F)cc2)o1. The van der Waals surface area contributed by atoms with E-state index in [-0.39, 0.29) is 12.4 Å². The Kier molecular flexibility index (Phi) is 4.46. The molecule has 2 aromatic rings. The number of aliphatic hydroxyl groups excluding tert-OH is 1. The standard InChI is InChI=1S/C14H14F3NO2/c15-11-3-1-10(2-4-11)13-6-5-12(20-13)7-18-8-14(16,17)9-19/h1-6,18-19H,7-9H2. The van der Waals surface area contributed by atoms with Crippen LogP contribution in [0.2, 0.25) is 0 Å². The fourth-order valence-electron chi connectivity index (χ4n) is 1.67. The van der Waals surface area contributed by atoms with E-state index in [9.17, 15) is 13.2 Å². The van der Waals surface area contributed by atoms with Crippen molar-refractivity contribution >= 4 is 0 Å². The summed E-state index contributed by atoms with van der Waals surface area (Å²) in [5.41, 5.74) is 0.707. The molecule has 0 fully saturated rings. The van der Waals surface area contributed by atoms with Crippen molar-refractivity contribution in [2.75, 3.05) is 13.2 Å². The highest BCUT2D eigenvalue weighted by Crippen LogP contribution is 2.22. The molecule has 0 bridgehead atoms. The van der Waals surface area contributed by atoms with Gasteiger partial charge in [-0.3, -0.25) is 0 Å². The third kappa shape index (κ3) is 3.85. The molecule has 0 aliphatic carbocycles. The summed E-state index contributed by atoms with van der Waals surface area (Å²) in [6, 6.07) is 9.13. The summed E-state index contributed by atoms with van der Waals surface area (Å²) in [5.74, 6) is -2.46. The molecule has 1 aromatic carbocycles. The quantitative estimate of drug-likeness (QED) is 0.858. The maximum atomic E-state index is 12.8. The van der Waals surface area contributed by atoms with Crippen LogP contribution in [0.15, 0.2) is 40.8 Å². The Morgan fingerprint density at radius 3 is 2.45 bits per heavy atom. The Hall–Kier alpha value is -1.79. The van der Waals surface area contributed by atoms with Crippen molar-refractivity contribution in [1.29, 1.82) is 0 Å². The van der Waals surface area contributed by atoms with Crippen LogP contribution in [0.4, 0.5) is 13.2 Å². The minimum absolute atomic E-state index is 0.122. The highest BCUT2D eigenvalue weighted by Gasteiger charge is 2.26. The van der Waals surface area contributed by atoms with E-state index < -0.39 is 19.1 Å². The Morgan fingerprint density at radius 1 is 1.10 bits per heavy atom. The van der Waals surface area contributed by atoms with Crippen LogP contribution in [0.25, 0.3) is 11.3 Å². The number of hydrogen-bond donors (Lipinski definition) is 2. The van der Waals surface area contributed by atoms with Crippen molar-refractivity contribution in [2.45, 2.75) is 12.5 Å². The Balaban J connectivity index is 1.94. The van der Waals surface area contributed by atoms with E-state index in [4.69, 9.17) is 9.52 Å². The maximum Gasteiger partial charge on any atom is 0.282 e. The van der Waals surface area contributed by atoms with Crippen LogP contribution in [0.1, 0.15) is 5.76 Å². The Labute approximate surface area is 114 Å². The van der Waals surface area contributed by atoms with Crippen molar-refractivity contribution < 1.29 is 22.7 Å². The van der Waals surface area contributed by atoms with Gasteiger partial charge in [0.1, 0.15) is 23.9 Å². The third-order valence-electron chi connectivity index (χ3n) is 2.70. The molecule has 0 aliphatic rings. The smallest absolute Gasteiger partial charge is 0.282 e. The summed E-state index contributed by atoms with van der Waals surface area (Å²) >= 11 is 0. The van der Waals surface area contributed by atoms with Crippen molar-refractivity contribution in [3.63, 3.8) is 0 Å². The van der Waals surface area contributed by atoms with E-state index in [1.807, 2.05) is 0 Å². The van der Waals surface area contributed by atoms with Crippen molar-refractivity contribution in [3.8, 4) is 11.3 Å². The molecule has 108 valence electrons. The number of benzene rings is 1. The number of furan rings is 1. The molecule has 6 heteroatoms. The zero-order chi connectivity index (χ0) is 14.6. The van der Waals surface area contributed by atoms with Gasteiger partial charge in [-0.05, 0) is 36.4 Å². The van der Waals surface area contributed by atoms with Gasteiger partial charge >= 0.3 is 0 Å². The first-order chi connectivity index (χ1) is 9.50. The van der Waals surface area contributed by atoms with E-state index in [0.29, 0.717) is 17.1 Å². The summed E-state index contributed by atoms with van der Waals surface area (Å²) < 4.78 is 43.8. The summed E-state index contributed by atoms with van der Waals surface area (Å²) in [7, 11) is 0. The zero-order valence-electron chi connectivity index (χ0n) is 10.6. The number of halogens is 3. The van der Waals surface area contributed by atoms with Crippen LogP contribution in [-0.4, -0.2) is 24.2 Å². The second kappa shape index (κ2) is 6.11. The summed E-state index contributed by atoms with van der Waals surface area (Å²) in [6.07, 6.45) is 0. The highest BCUT2D eigenvalue weighted by molar-refractivity contribution is 5.57. The number of alkyl halides is 2. The summed E-state index contributed by atoms with van der Waals surface area (Å²) in [6.45, 7) is -1.70. The van der Waals surface area contributed by atoms with Gasteiger partial charge in [0.15, 0.2) is 0 Å². The van der Waals surface area contributed by atoms with Crippen LogP contribution in [0.3, 0.4) is 0 Å². The molecule has 0 saturated heterocycles. The van der Waals surface area contributed by atoms with Crippen LogP contribution >= 0.6 is 0 Å². The van der Waals surface area contributed by atoms with Crippen molar-refractivity contribution in [2.24, 2.45) is 0 Å². The molecule has 1 aromatic heterocycles. The predicted molar refractivity (Wildman–Crippen MR) is 67.8 cm³/mol. The zero-order valence-corrected chi connectivity index (χ0v) is 10.6. The first kappa shape index (κ1) is 14.6. The topological polar surface area (TPSA) is 45.4 Å². The largest absolute Gasteiger partial charge is 0.460 e. The van der Waals surface area contributed by atoms with Gasteiger partial charge < -0.3 is 14.8 Å². The van der Waals surface area contributed by atoms with Gasteiger partial charge in [-0.25, -0.2) is 13.2 Å². The fraction of sp³-hybridized carbons (Fsp3) is 0.286. The fourth-order valence-corrected chi connectivity index (χ4v) is 1.67. The lowest BCUT2D eigenvalue weighted by atomic mass is 10.2. The molecule has 0 amide bonds. The molecule has 20 heavy (non-hydrogen) atoms. The monoisotopic (exact) mass is 285 g/mol. The maximum absolute atomic E-state index is 12.8. The molecule has 0 radical (unpaired) electrons. The highest BCUT2D eigenvalue weighted by atomic mass is 19.3. The molecule has 1 heterocycles. The number of hydrogen-bond acceptors (Lipinski definition) is 3. The lowest BCUT2D eigenvalue weighted by molar-refractivity contribution is -0.0479. The Morgan fingerprint density at radius 2 is 1.80 bits per heavy atom. The Bertz CT molecular complexity index is 552. The minimum atomic E-state index is -3.15. The van der Waals surface area contributed by atoms with Gasteiger partial charge in [0.2, 0.25) is 0 Å². The molecular formula is C14H14F3NO2. The van der Waals surface area contributed by atoms with E-state index in [2.05, 4.69) is 5.32 Å². The number of nitrogens with one attached hydrogen (secondary N) is 1. The second-order valence-corrected chi connectivity index (χ2v) is 4.39.